The smallest absolute Gasteiger partial charge is 0.240 e. The van der Waals surface area contributed by atoms with Crippen LogP contribution in [0.1, 0.15) is 20.8 Å². The molecular weight excluding hydrogens is 266 g/mol. The number of benzene rings is 1. The fraction of sp³-hybridized carbons (Fsp3) is 0.462. The van der Waals surface area contributed by atoms with E-state index in [-0.39, 0.29) is 10.6 Å². The molecule has 1 atom stereocenters. The second-order valence-corrected chi connectivity index (χ2v) is 6.46. The number of aromatic hydroxyl groups is 1. The van der Waals surface area contributed by atoms with E-state index in [4.69, 9.17) is 5.11 Å². The zero-order chi connectivity index (χ0) is 14.6. The van der Waals surface area contributed by atoms with Gasteiger partial charge in [-0.05, 0) is 45.0 Å². The van der Waals surface area contributed by atoms with Crippen molar-refractivity contribution in [3.63, 3.8) is 0 Å². The van der Waals surface area contributed by atoms with Crippen molar-refractivity contribution in [2.75, 3.05) is 13.1 Å². The maximum Gasteiger partial charge on any atom is 0.240 e. The Kier molecular flexibility index (Phi) is 4.94. The van der Waals surface area contributed by atoms with E-state index >= 15 is 0 Å². The summed E-state index contributed by atoms with van der Waals surface area (Å²) in [6.07, 6.45) is 0. The van der Waals surface area contributed by atoms with Gasteiger partial charge in [-0.1, -0.05) is 0 Å². The van der Waals surface area contributed by atoms with Crippen LogP contribution in [0.3, 0.4) is 0 Å². The average molecular weight is 285 g/mol. The van der Waals surface area contributed by atoms with Crippen LogP contribution >= 0.6 is 0 Å². The summed E-state index contributed by atoms with van der Waals surface area (Å²) in [7, 11) is -3.72. The lowest BCUT2D eigenvalue weighted by Crippen LogP contribution is -2.41. The van der Waals surface area contributed by atoms with Gasteiger partial charge in [-0.2, -0.15) is 0 Å². The lowest BCUT2D eigenvalue weighted by molar-refractivity contribution is -0.130. The summed E-state index contributed by atoms with van der Waals surface area (Å²) >= 11 is 0. The molecule has 0 radical (unpaired) electrons. The van der Waals surface area contributed by atoms with E-state index in [1.165, 1.54) is 36.1 Å². The second-order valence-electron chi connectivity index (χ2n) is 4.19. The zero-order valence-electron chi connectivity index (χ0n) is 11.3. The fourth-order valence-corrected chi connectivity index (χ4v) is 3.10. The third-order valence-corrected chi connectivity index (χ3v) is 5.12. The summed E-state index contributed by atoms with van der Waals surface area (Å²) in [5.74, 6) is -0.417. The van der Waals surface area contributed by atoms with Gasteiger partial charge in [0.05, 0.1) is 4.90 Å². The van der Waals surface area contributed by atoms with Crippen LogP contribution in [0.25, 0.3) is 0 Å². The van der Waals surface area contributed by atoms with Gasteiger partial charge in [-0.25, -0.2) is 8.42 Å². The van der Waals surface area contributed by atoms with E-state index in [0.29, 0.717) is 13.1 Å². The minimum Gasteiger partial charge on any atom is -0.508 e. The van der Waals surface area contributed by atoms with Gasteiger partial charge in [-0.15, -0.1) is 0 Å². The predicted molar refractivity (Wildman–Crippen MR) is 72.7 cm³/mol. The summed E-state index contributed by atoms with van der Waals surface area (Å²) < 4.78 is 24.6. The Hall–Kier alpha value is -1.56. The summed E-state index contributed by atoms with van der Waals surface area (Å²) in [5, 5.41) is 8.04. The number of carbonyl (C=O) groups excluding carboxylic acids is 1. The normalized spacial score (nSPS) is 13.0. The number of rotatable bonds is 5. The largest absolute Gasteiger partial charge is 0.508 e. The first-order valence-electron chi connectivity index (χ1n) is 6.16. The van der Waals surface area contributed by atoms with Crippen LogP contribution in [0.15, 0.2) is 29.2 Å². The van der Waals surface area contributed by atoms with Crippen molar-refractivity contribution in [1.29, 1.82) is 0 Å². The van der Waals surface area contributed by atoms with Crippen LogP contribution in [-0.4, -0.2) is 42.7 Å². The number of hydrogen-bond donors (Lipinski definition) is 1. The molecule has 1 aromatic rings. The van der Waals surface area contributed by atoms with Crippen LogP contribution in [0.4, 0.5) is 0 Å². The first kappa shape index (κ1) is 15.5. The molecule has 0 aliphatic carbocycles. The maximum absolute atomic E-state index is 12.3. The molecule has 0 aromatic heterocycles. The second kappa shape index (κ2) is 6.06. The minimum atomic E-state index is -3.72. The quantitative estimate of drug-likeness (QED) is 0.888. The van der Waals surface area contributed by atoms with Crippen LogP contribution in [0.2, 0.25) is 0 Å². The van der Waals surface area contributed by atoms with Crippen molar-refractivity contribution >= 4 is 15.7 Å². The lowest BCUT2D eigenvalue weighted by Gasteiger charge is -2.22. The van der Waals surface area contributed by atoms with Gasteiger partial charge >= 0.3 is 0 Å². The molecule has 0 bridgehead atoms. The first-order valence-corrected chi connectivity index (χ1v) is 7.70. The molecule has 0 spiro atoms. The Balaban J connectivity index is 3.06. The fourth-order valence-electron chi connectivity index (χ4n) is 1.77. The van der Waals surface area contributed by atoms with Crippen LogP contribution in [0, 0.1) is 0 Å². The van der Waals surface area contributed by atoms with E-state index in [0.717, 1.165) is 0 Å². The summed E-state index contributed by atoms with van der Waals surface area (Å²) in [4.78, 5) is 13.6. The SMILES string of the molecule is CCN(CC)C(=O)C(C)S(=O)(=O)c1ccc(O)cc1. The van der Waals surface area contributed by atoms with Gasteiger partial charge in [0.2, 0.25) is 5.91 Å². The Bertz CT molecular complexity index is 532. The number of amides is 1. The number of phenols is 1. The van der Waals surface area contributed by atoms with Crippen molar-refractivity contribution < 1.29 is 18.3 Å². The monoisotopic (exact) mass is 285 g/mol. The minimum absolute atomic E-state index is 0.0123. The van der Waals surface area contributed by atoms with E-state index in [1.54, 1.807) is 13.8 Å². The molecule has 1 amide bonds. The first-order chi connectivity index (χ1) is 8.84. The van der Waals surface area contributed by atoms with E-state index in [1.807, 2.05) is 0 Å². The molecule has 0 saturated carbocycles. The highest BCUT2D eigenvalue weighted by Gasteiger charge is 2.31. The summed E-state index contributed by atoms with van der Waals surface area (Å²) in [5.41, 5.74) is 0. The molecule has 0 aliphatic heterocycles. The molecule has 0 heterocycles. The van der Waals surface area contributed by atoms with Crippen LogP contribution in [0.5, 0.6) is 5.75 Å². The molecule has 1 rings (SSSR count). The van der Waals surface area contributed by atoms with Crippen molar-refractivity contribution in [2.45, 2.75) is 30.9 Å². The predicted octanol–water partition coefficient (Wildman–Crippen LogP) is 1.42. The molecule has 0 fully saturated rings. The topological polar surface area (TPSA) is 74.7 Å². The van der Waals surface area contributed by atoms with E-state index < -0.39 is 21.0 Å². The summed E-state index contributed by atoms with van der Waals surface area (Å²) in [6, 6.07) is 5.19. The number of nitrogens with zero attached hydrogens (tertiary/aromatic N) is 1. The lowest BCUT2D eigenvalue weighted by atomic mass is 10.3. The molecule has 6 heteroatoms. The number of hydrogen-bond acceptors (Lipinski definition) is 4. The van der Waals surface area contributed by atoms with Gasteiger partial charge < -0.3 is 10.0 Å². The number of carbonyl (C=O) groups is 1. The van der Waals surface area contributed by atoms with Gasteiger partial charge in [0, 0.05) is 13.1 Å². The van der Waals surface area contributed by atoms with Gasteiger partial charge in [-0.3, -0.25) is 4.79 Å². The molecule has 1 N–H and O–H groups in total. The highest BCUT2D eigenvalue weighted by Crippen LogP contribution is 2.20. The molecule has 1 unspecified atom stereocenters. The molecule has 106 valence electrons. The Morgan fingerprint density at radius 1 is 1.21 bits per heavy atom. The molecule has 0 aliphatic rings. The third kappa shape index (κ3) is 3.26. The standard InChI is InChI=1S/C13H19NO4S/c1-4-14(5-2)13(16)10(3)19(17,18)12-8-6-11(15)7-9-12/h6-10,15H,4-5H2,1-3H3. The highest BCUT2D eigenvalue weighted by molar-refractivity contribution is 7.92. The van der Waals surface area contributed by atoms with Crippen molar-refractivity contribution in [3.8, 4) is 5.75 Å². The number of sulfone groups is 1. The Morgan fingerprint density at radius 3 is 2.11 bits per heavy atom. The summed E-state index contributed by atoms with van der Waals surface area (Å²) in [6.45, 7) is 5.96. The zero-order valence-corrected chi connectivity index (χ0v) is 12.1. The van der Waals surface area contributed by atoms with Gasteiger partial charge in [0.25, 0.3) is 0 Å². The van der Waals surface area contributed by atoms with Crippen LogP contribution < -0.4 is 0 Å². The van der Waals surface area contributed by atoms with Gasteiger partial charge in [0.1, 0.15) is 11.0 Å². The highest BCUT2D eigenvalue weighted by atomic mass is 32.2. The average Bonchev–Trinajstić information content (AvgIpc) is 2.39. The molecule has 1 aromatic carbocycles. The molecule has 5 nitrogen and oxygen atoms in total. The van der Waals surface area contributed by atoms with E-state index in [2.05, 4.69) is 0 Å². The third-order valence-electron chi connectivity index (χ3n) is 3.05. The van der Waals surface area contributed by atoms with Gasteiger partial charge in [0.15, 0.2) is 9.84 Å². The van der Waals surface area contributed by atoms with E-state index in [9.17, 15) is 13.2 Å². The van der Waals surface area contributed by atoms with Crippen LogP contribution in [-0.2, 0) is 14.6 Å². The van der Waals surface area contributed by atoms with Crippen molar-refractivity contribution in [1.82, 2.24) is 4.90 Å². The number of phenolic OH excluding ortho intramolecular Hbond substituents is 1. The molecule has 0 saturated heterocycles. The Labute approximate surface area is 113 Å². The molecular formula is C13H19NO4S. The van der Waals surface area contributed by atoms with Crippen molar-refractivity contribution in [3.05, 3.63) is 24.3 Å². The van der Waals surface area contributed by atoms with Crippen molar-refractivity contribution in [2.24, 2.45) is 0 Å². The molecule has 19 heavy (non-hydrogen) atoms. The Morgan fingerprint density at radius 2 is 1.68 bits per heavy atom. The maximum atomic E-state index is 12.3.